The Kier molecular flexibility index (Phi) is 9.18. The second-order valence-electron chi connectivity index (χ2n) is 10.3. The number of halogens is 2. The van der Waals surface area contributed by atoms with Crippen molar-refractivity contribution in [2.45, 2.75) is 94.2 Å². The zero-order chi connectivity index (χ0) is 29.1. The second kappa shape index (κ2) is 12.1. The normalized spacial score (nSPS) is 33.7. The average Bonchev–Trinajstić information content (AvgIpc) is 3.09. The number of aliphatic hydroxyl groups excluding tert-OH is 1. The fourth-order valence-electron chi connectivity index (χ4n) is 4.76. The Morgan fingerprint density at radius 2 is 2.10 bits per heavy atom. The van der Waals surface area contributed by atoms with E-state index in [9.17, 15) is 19.6 Å². The van der Waals surface area contributed by atoms with Gasteiger partial charge in [-0.05, 0) is 51.7 Å². The number of alkyl halides is 2. The highest BCUT2D eigenvalue weighted by atomic mass is 31.1. The Hall–Kier alpha value is -2.61. The highest BCUT2D eigenvalue weighted by molar-refractivity contribution is 7.33. The minimum atomic E-state index is -3.15. The number of ether oxygens (including phenoxy) is 3. The molecule has 2 fully saturated rings. The van der Waals surface area contributed by atoms with Crippen LogP contribution in [0, 0.1) is 0 Å². The van der Waals surface area contributed by atoms with Crippen LogP contribution in [0.3, 0.4) is 0 Å². The molecule has 1 saturated carbocycles. The molecular weight excluding hydrogens is 553 g/mol. The fraction of sp³-hybridized carbons (Fsp3) is 0.640. The van der Waals surface area contributed by atoms with Crippen molar-refractivity contribution in [3.63, 3.8) is 0 Å². The van der Waals surface area contributed by atoms with Crippen LogP contribution in [0.15, 0.2) is 46.1 Å². The van der Waals surface area contributed by atoms with Gasteiger partial charge in [-0.15, -0.1) is 4.52 Å². The Morgan fingerprint density at radius 3 is 2.75 bits per heavy atom. The Balaban J connectivity index is 1.46. The molecule has 15 heteroatoms. The zero-order valence-corrected chi connectivity index (χ0v) is 23.0. The number of nitrogens with zero attached hydrogens (tertiary/aromatic N) is 3. The van der Waals surface area contributed by atoms with E-state index in [1.165, 1.54) is 25.1 Å². The smallest absolute Gasteiger partial charge is 0.351 e. The molecular formula is C25H33F2N4O8P. The van der Waals surface area contributed by atoms with E-state index >= 15 is 8.78 Å². The third-order valence-electron chi connectivity index (χ3n) is 7.03. The third-order valence-corrected chi connectivity index (χ3v) is 8.03. The van der Waals surface area contributed by atoms with Gasteiger partial charge >= 0.3 is 19.8 Å². The van der Waals surface area contributed by atoms with Crippen LogP contribution in [0.5, 0.6) is 0 Å². The van der Waals surface area contributed by atoms with Crippen LogP contribution in [0.1, 0.15) is 58.6 Å². The highest BCUT2D eigenvalue weighted by Crippen LogP contribution is 2.48. The number of anilines is 1. The van der Waals surface area contributed by atoms with Crippen LogP contribution in [-0.2, 0) is 23.5 Å². The number of nitrogens with two attached hydrogens (primary N) is 1. The van der Waals surface area contributed by atoms with Gasteiger partial charge in [0.2, 0.25) is 5.79 Å². The molecule has 2 heterocycles. The lowest BCUT2D eigenvalue weighted by Gasteiger charge is -2.31. The largest absolute Gasteiger partial charge is 0.583 e. The molecule has 0 radical (unpaired) electrons. The molecule has 0 bridgehead atoms. The summed E-state index contributed by atoms with van der Waals surface area (Å²) >= 11 is 0. The first-order chi connectivity index (χ1) is 18.9. The molecule has 1 aliphatic heterocycles. The number of esters is 1. The van der Waals surface area contributed by atoms with E-state index in [0.29, 0.717) is 4.57 Å². The van der Waals surface area contributed by atoms with Gasteiger partial charge in [0.1, 0.15) is 18.5 Å². The first-order valence-electron chi connectivity index (χ1n) is 13.0. The van der Waals surface area contributed by atoms with Crippen LogP contribution < -0.4 is 16.3 Å². The number of hydrogen-bond donors (Lipinski definition) is 2. The van der Waals surface area contributed by atoms with E-state index in [0.717, 1.165) is 45.2 Å². The molecule has 3 N–H and O–H groups in total. The summed E-state index contributed by atoms with van der Waals surface area (Å²) in [5.74, 6) is -5.77. The highest BCUT2D eigenvalue weighted by Gasteiger charge is 2.65. The molecule has 0 amide bonds. The minimum Gasteiger partial charge on any atom is -0.583 e. The molecule has 2 aliphatic carbocycles. The predicted octanol–water partition coefficient (Wildman–Crippen LogP) is 2.47. The van der Waals surface area contributed by atoms with Crippen molar-refractivity contribution in [1.29, 1.82) is 0 Å². The van der Waals surface area contributed by atoms with Gasteiger partial charge in [0, 0.05) is 12.6 Å². The molecule has 40 heavy (non-hydrogen) atoms. The van der Waals surface area contributed by atoms with E-state index in [1.807, 2.05) is 0 Å². The molecule has 12 nitrogen and oxygen atoms in total. The summed E-state index contributed by atoms with van der Waals surface area (Å²) < 4.78 is 57.8. The first kappa shape index (κ1) is 30.4. The Labute approximate surface area is 230 Å². The van der Waals surface area contributed by atoms with E-state index in [4.69, 9.17) is 24.5 Å². The van der Waals surface area contributed by atoms with Gasteiger partial charge in [-0.2, -0.15) is 4.98 Å². The molecule has 1 aromatic rings. The van der Waals surface area contributed by atoms with Gasteiger partial charge in [0.15, 0.2) is 24.0 Å². The maximum atomic E-state index is 15.9. The quantitative estimate of drug-likeness (QED) is 0.249. The van der Waals surface area contributed by atoms with Crippen LogP contribution in [0.2, 0.25) is 0 Å². The van der Waals surface area contributed by atoms with Crippen molar-refractivity contribution in [1.82, 2.24) is 9.55 Å². The number of rotatable bonds is 9. The summed E-state index contributed by atoms with van der Waals surface area (Å²) in [6.07, 6.45) is 7.10. The van der Waals surface area contributed by atoms with Crippen molar-refractivity contribution in [2.24, 2.45) is 4.74 Å². The lowest BCUT2D eigenvalue weighted by molar-refractivity contribution is -0.266. The van der Waals surface area contributed by atoms with Crippen molar-refractivity contribution >= 4 is 20.0 Å². The van der Waals surface area contributed by atoms with Crippen molar-refractivity contribution in [3.05, 3.63) is 47.1 Å². The number of hydrogen-bond acceptors (Lipinski definition) is 11. The molecule has 0 aromatic carbocycles. The zero-order valence-electron chi connectivity index (χ0n) is 22.2. The predicted molar refractivity (Wildman–Crippen MR) is 137 cm³/mol. The summed E-state index contributed by atoms with van der Waals surface area (Å²) in [5.41, 5.74) is 1.66. The second-order valence-corrected chi connectivity index (χ2v) is 11.2. The van der Waals surface area contributed by atoms with Crippen LogP contribution in [0.4, 0.5) is 14.6 Å². The first-order valence-corrected chi connectivity index (χ1v) is 14.1. The van der Waals surface area contributed by atoms with Gasteiger partial charge in [-0.1, -0.05) is 29.4 Å². The summed E-state index contributed by atoms with van der Waals surface area (Å²) in [4.78, 5) is 40.9. The van der Waals surface area contributed by atoms with E-state index in [1.54, 1.807) is 12.2 Å². The molecule has 220 valence electrons. The number of nitrogen functional groups attached to an aromatic ring is 1. The SMILES string of the molecule is C[C@H](N=[P+]([O-])OC1(OC[C@@]2(F)O[C@@H](n3ccc(N)nc3=O)[C@](C)(F)[C@@H]2O)C=CC=CC1)C(=O)OC1CCCCC1. The number of carbonyl (C=O) groups is 1. The molecule has 4 rings (SSSR count). The monoisotopic (exact) mass is 586 g/mol. The molecule has 7 atom stereocenters. The molecule has 2 unspecified atom stereocenters. The average molecular weight is 587 g/mol. The lowest BCUT2D eigenvalue weighted by Crippen LogP contribution is -2.49. The van der Waals surface area contributed by atoms with Crippen molar-refractivity contribution in [3.8, 4) is 0 Å². The van der Waals surface area contributed by atoms with Crippen molar-refractivity contribution < 1.29 is 42.3 Å². The third kappa shape index (κ3) is 6.64. The lowest BCUT2D eigenvalue weighted by atomic mass is 9.97. The van der Waals surface area contributed by atoms with E-state index in [-0.39, 0.29) is 18.3 Å². The van der Waals surface area contributed by atoms with E-state index in [2.05, 4.69) is 9.73 Å². The minimum absolute atomic E-state index is 0.0508. The van der Waals surface area contributed by atoms with Gasteiger partial charge in [-0.25, -0.2) is 18.4 Å². The number of aliphatic hydroxyl groups is 1. The molecule has 1 aromatic heterocycles. The van der Waals surface area contributed by atoms with Gasteiger partial charge < -0.3 is 29.9 Å². The maximum Gasteiger partial charge on any atom is 0.351 e. The summed E-state index contributed by atoms with van der Waals surface area (Å²) in [6, 6.07) is 0.0914. The molecule has 0 spiro atoms. The topological polar surface area (TPSA) is 171 Å². The number of carbonyl (C=O) groups excluding carboxylic acids is 1. The van der Waals surface area contributed by atoms with Crippen LogP contribution in [-0.4, -0.2) is 62.8 Å². The molecule has 3 aliphatic rings. The maximum absolute atomic E-state index is 15.9. The van der Waals surface area contributed by atoms with Crippen molar-refractivity contribution in [2.75, 3.05) is 12.3 Å². The fourth-order valence-corrected chi connectivity index (χ4v) is 5.64. The Morgan fingerprint density at radius 1 is 1.38 bits per heavy atom. The summed E-state index contributed by atoms with van der Waals surface area (Å²) in [7, 11) is -2.87. The Bertz CT molecular complexity index is 1240. The standard InChI is InChI=1S/C25H33F2N4O8P/c1-16(19(32)37-17-9-5-3-6-10-17)30-40(35)39-24(12-7-4-8-13-24)36-15-25(27)20(33)23(2,26)21(38-25)31-14-11-18(28)29-22(31)34/h4,7-8,11-12,14,16-17,20-21,33H,3,5-6,9-10,13,15H2,1-2H3,(H2,28,29,34)/t16-,20-,21+,23+,24?,25+/m0/s1. The van der Waals surface area contributed by atoms with Crippen LogP contribution >= 0.6 is 8.17 Å². The van der Waals surface area contributed by atoms with Gasteiger partial charge in [0.25, 0.3) is 5.85 Å². The summed E-state index contributed by atoms with van der Waals surface area (Å²) in [6.45, 7) is 1.20. The van der Waals surface area contributed by atoms with Gasteiger partial charge in [0.05, 0.1) is 0 Å². The number of aromatic nitrogens is 2. The molecule has 1 saturated heterocycles. The van der Waals surface area contributed by atoms with Crippen LogP contribution in [0.25, 0.3) is 0 Å². The number of allylic oxidation sites excluding steroid dienone is 2. The van der Waals surface area contributed by atoms with Gasteiger partial charge in [-0.3, -0.25) is 4.57 Å². The van der Waals surface area contributed by atoms with E-state index < -0.39 is 62.1 Å². The summed E-state index contributed by atoms with van der Waals surface area (Å²) in [5, 5.41) is 10.5.